The molecular formula is C15H15NO4. The molecule has 1 heterocycles. The lowest BCUT2D eigenvalue weighted by Gasteiger charge is -2.28. The van der Waals surface area contributed by atoms with E-state index in [4.69, 9.17) is 0 Å². The van der Waals surface area contributed by atoms with E-state index >= 15 is 0 Å². The minimum absolute atomic E-state index is 0.0646. The van der Waals surface area contributed by atoms with Gasteiger partial charge in [-0.25, -0.2) is 0 Å². The van der Waals surface area contributed by atoms with E-state index in [1.807, 2.05) is 0 Å². The molecule has 0 unspecified atom stereocenters. The topological polar surface area (TPSA) is 93.0 Å². The summed E-state index contributed by atoms with van der Waals surface area (Å²) in [6, 6.07) is 7.03. The van der Waals surface area contributed by atoms with Crippen LogP contribution in [-0.4, -0.2) is 27.0 Å². The predicted octanol–water partition coefficient (Wildman–Crippen LogP) is 1.74. The zero-order valence-corrected chi connectivity index (χ0v) is 10.7. The van der Waals surface area contributed by atoms with E-state index in [1.165, 1.54) is 24.3 Å². The van der Waals surface area contributed by atoms with Crippen molar-refractivity contribution in [2.24, 2.45) is 0 Å². The fourth-order valence-corrected chi connectivity index (χ4v) is 2.63. The number of aromatic hydroxyl groups is 4. The first-order valence-electron chi connectivity index (χ1n) is 6.36. The minimum Gasteiger partial charge on any atom is -0.508 e. The molecule has 0 fully saturated rings. The van der Waals surface area contributed by atoms with Crippen molar-refractivity contribution in [2.75, 3.05) is 6.54 Å². The van der Waals surface area contributed by atoms with Gasteiger partial charge < -0.3 is 25.7 Å². The minimum atomic E-state index is -0.336. The maximum Gasteiger partial charge on any atom is 0.157 e. The maximum atomic E-state index is 9.97. The van der Waals surface area contributed by atoms with Crippen molar-refractivity contribution in [3.8, 4) is 23.0 Å². The second kappa shape index (κ2) is 4.61. The third-order valence-electron chi connectivity index (χ3n) is 3.61. The second-order valence-corrected chi connectivity index (χ2v) is 4.92. The van der Waals surface area contributed by atoms with Crippen molar-refractivity contribution >= 4 is 0 Å². The molecule has 2 aromatic rings. The molecule has 0 bridgehead atoms. The number of nitrogens with one attached hydrogen (secondary N) is 1. The van der Waals surface area contributed by atoms with Crippen molar-refractivity contribution in [1.82, 2.24) is 5.32 Å². The molecule has 0 amide bonds. The molecule has 2 aromatic carbocycles. The predicted molar refractivity (Wildman–Crippen MR) is 73.1 cm³/mol. The zero-order valence-electron chi connectivity index (χ0n) is 10.7. The average molecular weight is 273 g/mol. The first-order valence-corrected chi connectivity index (χ1v) is 6.36. The summed E-state index contributed by atoms with van der Waals surface area (Å²) in [6.07, 6.45) is 0.721. The van der Waals surface area contributed by atoms with Gasteiger partial charge in [0.2, 0.25) is 0 Å². The molecule has 1 aliphatic rings. The first-order chi connectivity index (χ1) is 9.56. The summed E-state index contributed by atoms with van der Waals surface area (Å²) in [6.45, 7) is 0.678. The van der Waals surface area contributed by atoms with Crippen molar-refractivity contribution in [1.29, 1.82) is 0 Å². The number of benzene rings is 2. The van der Waals surface area contributed by atoms with Gasteiger partial charge in [0, 0.05) is 12.1 Å². The molecule has 0 saturated heterocycles. The Morgan fingerprint density at radius 3 is 2.40 bits per heavy atom. The number of fused-ring (bicyclic) bond motifs is 1. The third-order valence-corrected chi connectivity index (χ3v) is 3.61. The summed E-state index contributed by atoms with van der Waals surface area (Å²) in [5.74, 6) is -0.211. The maximum absolute atomic E-state index is 9.97. The van der Waals surface area contributed by atoms with E-state index in [2.05, 4.69) is 5.32 Å². The lowest BCUT2D eigenvalue weighted by atomic mass is 9.89. The highest BCUT2D eigenvalue weighted by Crippen LogP contribution is 2.39. The van der Waals surface area contributed by atoms with Crippen LogP contribution >= 0.6 is 0 Å². The van der Waals surface area contributed by atoms with Gasteiger partial charge in [-0.1, -0.05) is 0 Å². The van der Waals surface area contributed by atoms with E-state index in [0.717, 1.165) is 17.5 Å². The Hall–Kier alpha value is -2.40. The number of rotatable bonds is 1. The highest BCUT2D eigenvalue weighted by Gasteiger charge is 2.25. The lowest BCUT2D eigenvalue weighted by Crippen LogP contribution is -2.30. The van der Waals surface area contributed by atoms with Crippen molar-refractivity contribution in [3.63, 3.8) is 0 Å². The van der Waals surface area contributed by atoms with E-state index in [9.17, 15) is 20.4 Å². The van der Waals surface area contributed by atoms with Crippen molar-refractivity contribution in [2.45, 2.75) is 12.5 Å². The Balaban J connectivity index is 2.14. The Kier molecular flexibility index (Phi) is 2.91. The van der Waals surface area contributed by atoms with Crippen LogP contribution in [0.25, 0.3) is 0 Å². The van der Waals surface area contributed by atoms with E-state index < -0.39 is 0 Å². The number of hydrogen-bond donors (Lipinski definition) is 5. The SMILES string of the molecule is Oc1ccc(O)c([C@@H]2NCCc3cc(O)c(O)cc32)c1. The van der Waals surface area contributed by atoms with Crippen LogP contribution in [0.4, 0.5) is 0 Å². The normalized spacial score (nSPS) is 17.7. The molecule has 5 N–H and O–H groups in total. The molecule has 1 atom stereocenters. The summed E-state index contributed by atoms with van der Waals surface area (Å²) in [7, 11) is 0. The smallest absolute Gasteiger partial charge is 0.157 e. The Bertz CT molecular complexity index is 669. The van der Waals surface area contributed by atoms with Gasteiger partial charge in [-0.3, -0.25) is 0 Å². The molecule has 0 aliphatic carbocycles. The molecule has 5 nitrogen and oxygen atoms in total. The summed E-state index contributed by atoms with van der Waals surface area (Å²) < 4.78 is 0. The number of phenolic OH excluding ortho intramolecular Hbond substituents is 4. The van der Waals surface area contributed by atoms with Crippen LogP contribution < -0.4 is 5.32 Å². The lowest BCUT2D eigenvalue weighted by molar-refractivity contribution is 0.399. The Morgan fingerprint density at radius 2 is 1.60 bits per heavy atom. The standard InChI is InChI=1S/C15H15NO4/c17-9-1-2-12(18)11(6-9)15-10-7-14(20)13(19)5-8(10)3-4-16-15/h1-2,5-7,15-20H,3-4H2/t15-/m1/s1. The first kappa shape index (κ1) is 12.6. The van der Waals surface area contributed by atoms with Crippen LogP contribution in [0.3, 0.4) is 0 Å². The summed E-state index contributed by atoms with van der Waals surface area (Å²) in [5, 5.41) is 42.0. The fourth-order valence-electron chi connectivity index (χ4n) is 2.63. The monoisotopic (exact) mass is 273 g/mol. The van der Waals surface area contributed by atoms with Gasteiger partial charge in [-0.15, -0.1) is 0 Å². The fraction of sp³-hybridized carbons (Fsp3) is 0.200. The highest BCUT2D eigenvalue weighted by molar-refractivity contribution is 5.53. The van der Waals surface area contributed by atoms with Gasteiger partial charge in [0.1, 0.15) is 11.5 Å². The molecule has 1 aliphatic heterocycles. The van der Waals surface area contributed by atoms with Gasteiger partial charge in [0.25, 0.3) is 0 Å². The Morgan fingerprint density at radius 1 is 0.850 bits per heavy atom. The number of phenols is 4. The highest BCUT2D eigenvalue weighted by atomic mass is 16.3. The largest absolute Gasteiger partial charge is 0.508 e. The van der Waals surface area contributed by atoms with Crippen molar-refractivity contribution in [3.05, 3.63) is 47.0 Å². The van der Waals surface area contributed by atoms with Crippen LogP contribution in [0, 0.1) is 0 Å². The van der Waals surface area contributed by atoms with Gasteiger partial charge >= 0.3 is 0 Å². The van der Waals surface area contributed by atoms with Gasteiger partial charge in [0.05, 0.1) is 6.04 Å². The summed E-state index contributed by atoms with van der Waals surface area (Å²) in [5.41, 5.74) is 2.23. The molecule has 104 valence electrons. The second-order valence-electron chi connectivity index (χ2n) is 4.92. The van der Waals surface area contributed by atoms with Crippen molar-refractivity contribution < 1.29 is 20.4 Å². The van der Waals surface area contributed by atoms with Gasteiger partial charge in [-0.05, 0) is 47.9 Å². The van der Waals surface area contributed by atoms with E-state index in [1.54, 1.807) is 6.07 Å². The molecule has 0 radical (unpaired) electrons. The molecule has 3 rings (SSSR count). The number of hydrogen-bond acceptors (Lipinski definition) is 5. The summed E-state index contributed by atoms with van der Waals surface area (Å²) in [4.78, 5) is 0. The van der Waals surface area contributed by atoms with Crippen LogP contribution in [0.2, 0.25) is 0 Å². The zero-order chi connectivity index (χ0) is 14.3. The van der Waals surface area contributed by atoms with Crippen LogP contribution in [-0.2, 0) is 6.42 Å². The molecule has 5 heteroatoms. The van der Waals surface area contributed by atoms with Crippen LogP contribution in [0.5, 0.6) is 23.0 Å². The van der Waals surface area contributed by atoms with Gasteiger partial charge in [0.15, 0.2) is 11.5 Å². The molecule has 0 spiro atoms. The molecule has 0 aromatic heterocycles. The van der Waals surface area contributed by atoms with Crippen LogP contribution in [0.15, 0.2) is 30.3 Å². The Labute approximate surface area is 115 Å². The van der Waals surface area contributed by atoms with E-state index in [-0.39, 0.29) is 29.0 Å². The summed E-state index contributed by atoms with van der Waals surface area (Å²) >= 11 is 0. The average Bonchev–Trinajstić information content (AvgIpc) is 2.42. The van der Waals surface area contributed by atoms with Crippen LogP contribution in [0.1, 0.15) is 22.7 Å². The molecule has 0 saturated carbocycles. The van der Waals surface area contributed by atoms with Gasteiger partial charge in [-0.2, -0.15) is 0 Å². The third kappa shape index (κ3) is 2.02. The quantitative estimate of drug-likeness (QED) is 0.403. The molecular weight excluding hydrogens is 258 g/mol. The molecule has 20 heavy (non-hydrogen) atoms. The van der Waals surface area contributed by atoms with E-state index in [0.29, 0.717) is 12.1 Å².